The monoisotopic (exact) mass is 293 g/mol. The number of H-pyrrole nitrogens is 1. The highest BCUT2D eigenvalue weighted by molar-refractivity contribution is 7.71. The first-order valence-electron chi connectivity index (χ1n) is 6.40. The van der Waals surface area contributed by atoms with Gasteiger partial charge in [0.15, 0.2) is 4.77 Å². The summed E-state index contributed by atoms with van der Waals surface area (Å²) < 4.78 is 1.88. The molecule has 4 nitrogen and oxygen atoms in total. The van der Waals surface area contributed by atoms with E-state index in [4.69, 9.17) is 17.5 Å². The molecule has 1 N–H and O–H groups in total. The molecule has 0 saturated heterocycles. The maximum absolute atomic E-state index is 12.5. The van der Waals surface area contributed by atoms with Crippen LogP contribution in [-0.4, -0.2) is 9.55 Å². The summed E-state index contributed by atoms with van der Waals surface area (Å²) in [6, 6.07) is 16.5. The fourth-order valence-corrected chi connectivity index (χ4v) is 2.52. The van der Waals surface area contributed by atoms with E-state index >= 15 is 0 Å². The molecule has 21 heavy (non-hydrogen) atoms. The average molecular weight is 293 g/mol. The summed E-state index contributed by atoms with van der Waals surface area (Å²) >= 11 is 5.27. The standard InChI is InChI=1S/C16H11N3OS/c17-9-11-4-3-5-12(8-11)10-19-15(20)13-6-1-2-7-14(13)18-16(19)21/h1-8H,10H2,(H,18,21). The molecular weight excluding hydrogens is 282 g/mol. The summed E-state index contributed by atoms with van der Waals surface area (Å²) in [6.07, 6.45) is 0. The molecule has 102 valence electrons. The first-order valence-corrected chi connectivity index (χ1v) is 6.81. The molecule has 5 heteroatoms. The Hall–Kier alpha value is -2.71. The van der Waals surface area contributed by atoms with Crippen LogP contribution >= 0.6 is 12.2 Å². The van der Waals surface area contributed by atoms with Crippen molar-refractivity contribution in [3.05, 3.63) is 74.8 Å². The van der Waals surface area contributed by atoms with Crippen LogP contribution in [0.25, 0.3) is 10.9 Å². The van der Waals surface area contributed by atoms with Gasteiger partial charge in [0.2, 0.25) is 0 Å². The second-order valence-electron chi connectivity index (χ2n) is 4.68. The normalized spacial score (nSPS) is 10.4. The molecule has 0 unspecified atom stereocenters. The maximum atomic E-state index is 12.5. The number of para-hydroxylation sites is 1. The molecule has 0 spiro atoms. The Morgan fingerprint density at radius 1 is 1.19 bits per heavy atom. The summed E-state index contributed by atoms with van der Waals surface area (Å²) in [5.74, 6) is 0. The number of benzene rings is 2. The molecule has 0 bridgehead atoms. The number of hydrogen-bond donors (Lipinski definition) is 1. The van der Waals surface area contributed by atoms with Crippen molar-refractivity contribution in [1.82, 2.24) is 9.55 Å². The summed E-state index contributed by atoms with van der Waals surface area (Å²) in [5.41, 5.74) is 2.04. The van der Waals surface area contributed by atoms with Crippen LogP contribution in [0.2, 0.25) is 0 Å². The molecule has 0 aliphatic heterocycles. The first kappa shape index (κ1) is 13.3. The van der Waals surface area contributed by atoms with Crippen LogP contribution in [0, 0.1) is 16.1 Å². The van der Waals surface area contributed by atoms with E-state index in [1.165, 1.54) is 4.57 Å². The predicted octanol–water partition coefficient (Wildman–Crippen LogP) is 2.98. The van der Waals surface area contributed by atoms with Crippen molar-refractivity contribution in [3.63, 3.8) is 0 Å². The largest absolute Gasteiger partial charge is 0.332 e. The number of nitrogens with one attached hydrogen (secondary N) is 1. The summed E-state index contributed by atoms with van der Waals surface area (Å²) in [4.78, 5) is 15.6. The Bertz CT molecular complexity index is 979. The lowest BCUT2D eigenvalue weighted by Gasteiger charge is -2.08. The summed E-state index contributed by atoms with van der Waals surface area (Å²) in [7, 11) is 0. The smallest absolute Gasteiger partial charge is 0.262 e. The Morgan fingerprint density at radius 2 is 2.00 bits per heavy atom. The van der Waals surface area contributed by atoms with Crippen LogP contribution in [0.1, 0.15) is 11.1 Å². The quantitative estimate of drug-likeness (QED) is 0.739. The van der Waals surface area contributed by atoms with Gasteiger partial charge in [-0.2, -0.15) is 5.26 Å². The highest BCUT2D eigenvalue weighted by atomic mass is 32.1. The van der Waals surface area contributed by atoms with Gasteiger partial charge in [-0.05, 0) is 42.0 Å². The highest BCUT2D eigenvalue weighted by Crippen LogP contribution is 2.09. The van der Waals surface area contributed by atoms with E-state index in [1.807, 2.05) is 24.3 Å². The second kappa shape index (κ2) is 5.35. The van der Waals surface area contributed by atoms with Gasteiger partial charge in [-0.15, -0.1) is 0 Å². The topological polar surface area (TPSA) is 61.6 Å². The fraction of sp³-hybridized carbons (Fsp3) is 0.0625. The summed E-state index contributed by atoms with van der Waals surface area (Å²) in [5, 5.41) is 9.53. The average Bonchev–Trinajstić information content (AvgIpc) is 2.51. The lowest BCUT2D eigenvalue weighted by Crippen LogP contribution is -2.22. The zero-order chi connectivity index (χ0) is 14.8. The highest BCUT2D eigenvalue weighted by Gasteiger charge is 2.06. The lowest BCUT2D eigenvalue weighted by molar-refractivity contribution is 0.734. The number of aromatic amines is 1. The van der Waals surface area contributed by atoms with Gasteiger partial charge in [0, 0.05) is 0 Å². The molecule has 3 rings (SSSR count). The maximum Gasteiger partial charge on any atom is 0.262 e. The third-order valence-corrected chi connectivity index (χ3v) is 3.61. The Labute approximate surface area is 125 Å². The van der Waals surface area contributed by atoms with E-state index < -0.39 is 0 Å². The molecule has 0 amide bonds. The van der Waals surface area contributed by atoms with Crippen molar-refractivity contribution >= 4 is 23.1 Å². The zero-order valence-corrected chi connectivity index (χ0v) is 11.9. The van der Waals surface area contributed by atoms with Gasteiger partial charge >= 0.3 is 0 Å². The number of fused-ring (bicyclic) bond motifs is 1. The van der Waals surface area contributed by atoms with Crippen LogP contribution < -0.4 is 5.56 Å². The van der Waals surface area contributed by atoms with Crippen molar-refractivity contribution in [2.24, 2.45) is 0 Å². The van der Waals surface area contributed by atoms with Crippen LogP contribution in [-0.2, 0) is 6.54 Å². The molecule has 0 aliphatic rings. The second-order valence-corrected chi connectivity index (χ2v) is 5.07. The van der Waals surface area contributed by atoms with E-state index in [0.717, 1.165) is 11.1 Å². The van der Waals surface area contributed by atoms with Crippen molar-refractivity contribution in [3.8, 4) is 6.07 Å². The molecule has 3 aromatic rings. The minimum absolute atomic E-state index is 0.128. The van der Waals surface area contributed by atoms with Gasteiger partial charge in [-0.3, -0.25) is 9.36 Å². The van der Waals surface area contributed by atoms with E-state index in [1.54, 1.807) is 24.3 Å². The third-order valence-electron chi connectivity index (χ3n) is 3.29. The molecule has 1 heterocycles. The van der Waals surface area contributed by atoms with Crippen LogP contribution in [0.4, 0.5) is 0 Å². The van der Waals surface area contributed by atoms with E-state index in [9.17, 15) is 4.79 Å². The third kappa shape index (κ3) is 2.49. The molecule has 2 aromatic carbocycles. The SMILES string of the molecule is N#Cc1cccc(Cn2c(=S)[nH]c3ccccc3c2=O)c1. The lowest BCUT2D eigenvalue weighted by atomic mass is 10.1. The number of hydrogen-bond acceptors (Lipinski definition) is 3. The minimum Gasteiger partial charge on any atom is -0.332 e. The van der Waals surface area contributed by atoms with E-state index in [2.05, 4.69) is 11.1 Å². The van der Waals surface area contributed by atoms with Gasteiger partial charge in [0.05, 0.1) is 29.1 Å². The van der Waals surface area contributed by atoms with Gasteiger partial charge in [0.1, 0.15) is 0 Å². The molecule has 0 fully saturated rings. The molecule has 0 radical (unpaired) electrons. The molecule has 0 saturated carbocycles. The zero-order valence-electron chi connectivity index (χ0n) is 11.0. The van der Waals surface area contributed by atoms with Crippen molar-refractivity contribution in [1.29, 1.82) is 5.26 Å². The first-order chi connectivity index (χ1) is 10.2. The predicted molar refractivity (Wildman–Crippen MR) is 83.7 cm³/mol. The Balaban J connectivity index is 2.15. The van der Waals surface area contributed by atoms with Gasteiger partial charge in [-0.25, -0.2) is 0 Å². The number of nitrogens with zero attached hydrogens (tertiary/aromatic N) is 2. The van der Waals surface area contributed by atoms with Crippen molar-refractivity contribution in [2.75, 3.05) is 0 Å². The summed E-state index contributed by atoms with van der Waals surface area (Å²) in [6.45, 7) is 0.342. The van der Waals surface area contributed by atoms with Crippen molar-refractivity contribution < 1.29 is 0 Å². The fourth-order valence-electron chi connectivity index (χ4n) is 2.26. The minimum atomic E-state index is -0.128. The number of rotatable bonds is 2. The van der Waals surface area contributed by atoms with Gasteiger partial charge in [-0.1, -0.05) is 24.3 Å². The van der Waals surface area contributed by atoms with Crippen LogP contribution in [0.3, 0.4) is 0 Å². The molecular formula is C16H11N3OS. The van der Waals surface area contributed by atoms with E-state index in [0.29, 0.717) is 22.3 Å². The van der Waals surface area contributed by atoms with Crippen molar-refractivity contribution in [2.45, 2.75) is 6.54 Å². The Morgan fingerprint density at radius 3 is 2.81 bits per heavy atom. The Kier molecular flexibility index (Phi) is 3.38. The van der Waals surface area contributed by atoms with Gasteiger partial charge < -0.3 is 4.98 Å². The number of nitriles is 1. The molecule has 0 atom stereocenters. The van der Waals surface area contributed by atoms with Crippen LogP contribution in [0.15, 0.2) is 53.3 Å². The molecule has 1 aromatic heterocycles. The molecule has 0 aliphatic carbocycles. The number of aromatic nitrogens is 2. The van der Waals surface area contributed by atoms with Crippen LogP contribution in [0.5, 0.6) is 0 Å². The van der Waals surface area contributed by atoms with E-state index in [-0.39, 0.29) is 5.56 Å². The van der Waals surface area contributed by atoms with Gasteiger partial charge in [0.25, 0.3) is 5.56 Å².